The van der Waals surface area contributed by atoms with E-state index in [1.165, 1.54) is 0 Å². The van der Waals surface area contributed by atoms with Gasteiger partial charge in [-0.15, -0.1) is 10.2 Å². The number of fused-ring (bicyclic) bond motifs is 1. The second kappa shape index (κ2) is 7.48. The number of aromatic nitrogens is 5. The van der Waals surface area contributed by atoms with Gasteiger partial charge in [0.2, 0.25) is 0 Å². The summed E-state index contributed by atoms with van der Waals surface area (Å²) in [5.41, 5.74) is 2.10. The lowest BCUT2D eigenvalue weighted by molar-refractivity contribution is 0.0928. The fourth-order valence-corrected chi connectivity index (χ4v) is 2.96. The third-order valence-corrected chi connectivity index (χ3v) is 4.46. The molecule has 0 aliphatic rings. The van der Waals surface area contributed by atoms with Crippen molar-refractivity contribution in [3.63, 3.8) is 0 Å². The summed E-state index contributed by atoms with van der Waals surface area (Å²) in [7, 11) is 0. The van der Waals surface area contributed by atoms with Gasteiger partial charge in [0.05, 0.1) is 6.04 Å². The maximum atomic E-state index is 12.5. The summed E-state index contributed by atoms with van der Waals surface area (Å²) < 4.78 is 1.91. The highest BCUT2D eigenvalue weighted by molar-refractivity contribution is 7.98. The zero-order valence-corrected chi connectivity index (χ0v) is 14.5. The van der Waals surface area contributed by atoms with Gasteiger partial charge in [-0.25, -0.2) is 0 Å². The molecular formula is C16H20N6OS. The smallest absolute Gasteiger partial charge is 0.272 e. The third-order valence-electron chi connectivity index (χ3n) is 3.81. The molecule has 0 fully saturated rings. The minimum Gasteiger partial charge on any atom is -0.341 e. The Bertz CT molecular complexity index is 827. The molecule has 3 aromatic heterocycles. The zero-order chi connectivity index (χ0) is 16.9. The van der Waals surface area contributed by atoms with Crippen molar-refractivity contribution in [1.29, 1.82) is 0 Å². The van der Waals surface area contributed by atoms with Gasteiger partial charge in [0.15, 0.2) is 11.5 Å². The molecule has 0 spiro atoms. The van der Waals surface area contributed by atoms with E-state index >= 15 is 0 Å². The molecule has 3 rings (SSSR count). The van der Waals surface area contributed by atoms with Crippen molar-refractivity contribution >= 4 is 23.3 Å². The molecule has 1 amide bonds. The lowest BCUT2D eigenvalue weighted by Crippen LogP contribution is -2.30. The first-order chi connectivity index (χ1) is 11.7. The normalized spacial score (nSPS) is 12.4. The van der Waals surface area contributed by atoms with Crippen molar-refractivity contribution in [1.82, 2.24) is 30.1 Å². The van der Waals surface area contributed by atoms with Crippen LogP contribution >= 0.6 is 11.8 Å². The molecule has 0 aliphatic carbocycles. The Morgan fingerprint density at radius 2 is 2.29 bits per heavy atom. The quantitative estimate of drug-likeness (QED) is 0.686. The van der Waals surface area contributed by atoms with Crippen LogP contribution in [-0.2, 0) is 6.42 Å². The minimum atomic E-state index is -0.218. The van der Waals surface area contributed by atoms with Crippen molar-refractivity contribution in [3.05, 3.63) is 47.7 Å². The number of H-pyrrole nitrogens is 1. The second-order valence-corrected chi connectivity index (χ2v) is 6.41. The zero-order valence-electron chi connectivity index (χ0n) is 13.7. The molecule has 1 atom stereocenters. The Labute approximate surface area is 144 Å². The predicted molar refractivity (Wildman–Crippen MR) is 94.2 cm³/mol. The number of hydrogen-bond acceptors (Lipinski definition) is 5. The summed E-state index contributed by atoms with van der Waals surface area (Å²) in [5, 5.41) is 18.4. The number of aryl methyl sites for hydroxylation is 1. The van der Waals surface area contributed by atoms with E-state index in [2.05, 4.69) is 25.7 Å². The molecule has 1 unspecified atom stereocenters. The monoisotopic (exact) mass is 344 g/mol. The lowest BCUT2D eigenvalue weighted by atomic mass is 10.2. The Balaban J connectivity index is 1.84. The molecule has 24 heavy (non-hydrogen) atoms. The van der Waals surface area contributed by atoms with Gasteiger partial charge in [0.1, 0.15) is 5.69 Å². The first-order valence-electron chi connectivity index (χ1n) is 7.86. The molecule has 2 N–H and O–H groups in total. The van der Waals surface area contributed by atoms with E-state index in [9.17, 15) is 4.79 Å². The van der Waals surface area contributed by atoms with Crippen LogP contribution in [0.15, 0.2) is 30.5 Å². The summed E-state index contributed by atoms with van der Waals surface area (Å²) in [4.78, 5) is 12.5. The molecule has 126 valence electrons. The molecule has 0 bridgehead atoms. The summed E-state index contributed by atoms with van der Waals surface area (Å²) in [6, 6.07) is 7.30. The fraction of sp³-hybridized carbons (Fsp3) is 0.375. The van der Waals surface area contributed by atoms with Crippen molar-refractivity contribution in [2.75, 3.05) is 12.0 Å². The number of nitrogens with zero attached hydrogens (tertiary/aromatic N) is 4. The number of nitrogens with one attached hydrogen (secondary N) is 2. The van der Waals surface area contributed by atoms with E-state index in [4.69, 9.17) is 0 Å². The van der Waals surface area contributed by atoms with Gasteiger partial charge in [-0.1, -0.05) is 13.0 Å². The van der Waals surface area contributed by atoms with Crippen LogP contribution in [0.4, 0.5) is 0 Å². The molecule has 0 aromatic carbocycles. The third kappa shape index (κ3) is 3.43. The summed E-state index contributed by atoms with van der Waals surface area (Å²) in [6.07, 6.45) is 5.54. The van der Waals surface area contributed by atoms with Gasteiger partial charge in [-0.05, 0) is 43.0 Å². The summed E-state index contributed by atoms with van der Waals surface area (Å²) >= 11 is 1.73. The molecule has 0 aliphatic heterocycles. The minimum absolute atomic E-state index is 0.204. The fourth-order valence-electron chi connectivity index (χ4n) is 2.49. The molecule has 0 saturated heterocycles. The molecule has 3 aromatic rings. The van der Waals surface area contributed by atoms with Gasteiger partial charge < -0.3 is 5.32 Å². The van der Waals surface area contributed by atoms with Crippen LogP contribution in [-0.4, -0.2) is 42.7 Å². The molecule has 0 saturated carbocycles. The SMILES string of the molecule is CCc1cc(C(=O)NC(CCSC)c2nnc3ccccn23)n[nH]1. The van der Waals surface area contributed by atoms with E-state index in [0.717, 1.165) is 35.8 Å². The predicted octanol–water partition coefficient (Wildman–Crippen LogP) is 2.24. The number of hydrogen-bond donors (Lipinski definition) is 2. The van der Waals surface area contributed by atoms with Gasteiger partial charge in [-0.2, -0.15) is 16.9 Å². The number of rotatable bonds is 7. The van der Waals surface area contributed by atoms with Crippen LogP contribution in [0.2, 0.25) is 0 Å². The Morgan fingerprint density at radius 1 is 1.42 bits per heavy atom. The maximum Gasteiger partial charge on any atom is 0.272 e. The molecule has 0 radical (unpaired) electrons. The Kier molecular flexibility index (Phi) is 5.14. The van der Waals surface area contributed by atoms with Gasteiger partial charge in [0.25, 0.3) is 5.91 Å². The topological polar surface area (TPSA) is 88.0 Å². The first kappa shape index (κ1) is 16.5. The maximum absolute atomic E-state index is 12.5. The molecule has 3 heterocycles. The van der Waals surface area contributed by atoms with Gasteiger partial charge in [0, 0.05) is 11.9 Å². The highest BCUT2D eigenvalue weighted by Gasteiger charge is 2.22. The number of aromatic amines is 1. The number of thioether (sulfide) groups is 1. The summed E-state index contributed by atoms with van der Waals surface area (Å²) in [6.45, 7) is 2.01. The van der Waals surface area contributed by atoms with Crippen LogP contribution in [0.5, 0.6) is 0 Å². The van der Waals surface area contributed by atoms with E-state index in [1.807, 2.05) is 42.0 Å². The van der Waals surface area contributed by atoms with E-state index in [-0.39, 0.29) is 11.9 Å². The Morgan fingerprint density at radius 3 is 3.04 bits per heavy atom. The average molecular weight is 344 g/mol. The standard InChI is InChI=1S/C16H20N6OS/c1-3-11-10-13(19-18-11)16(23)17-12(7-9-24-2)15-21-20-14-6-4-5-8-22(14)15/h4-6,8,10,12H,3,7,9H2,1-2H3,(H,17,23)(H,18,19). The van der Waals surface area contributed by atoms with E-state index in [0.29, 0.717) is 5.69 Å². The van der Waals surface area contributed by atoms with Crippen LogP contribution in [0.1, 0.15) is 41.4 Å². The van der Waals surface area contributed by atoms with Crippen molar-refractivity contribution < 1.29 is 4.79 Å². The van der Waals surface area contributed by atoms with E-state index in [1.54, 1.807) is 17.8 Å². The van der Waals surface area contributed by atoms with Crippen LogP contribution in [0.3, 0.4) is 0 Å². The van der Waals surface area contributed by atoms with Crippen molar-refractivity contribution in [2.24, 2.45) is 0 Å². The van der Waals surface area contributed by atoms with Gasteiger partial charge in [-0.3, -0.25) is 14.3 Å². The van der Waals surface area contributed by atoms with Gasteiger partial charge >= 0.3 is 0 Å². The molecule has 7 nitrogen and oxygen atoms in total. The molecule has 8 heteroatoms. The number of carbonyl (C=O) groups is 1. The highest BCUT2D eigenvalue weighted by Crippen LogP contribution is 2.19. The van der Waals surface area contributed by atoms with Crippen LogP contribution in [0.25, 0.3) is 5.65 Å². The number of carbonyl (C=O) groups excluding carboxylic acids is 1. The molecular weight excluding hydrogens is 324 g/mol. The lowest BCUT2D eigenvalue weighted by Gasteiger charge is -2.16. The average Bonchev–Trinajstić information content (AvgIpc) is 3.25. The van der Waals surface area contributed by atoms with Crippen LogP contribution < -0.4 is 5.32 Å². The second-order valence-electron chi connectivity index (χ2n) is 5.43. The van der Waals surface area contributed by atoms with E-state index < -0.39 is 0 Å². The Hall–Kier alpha value is -2.35. The first-order valence-corrected chi connectivity index (χ1v) is 9.26. The summed E-state index contributed by atoms with van der Waals surface area (Å²) in [5.74, 6) is 1.44. The highest BCUT2D eigenvalue weighted by atomic mass is 32.2. The van der Waals surface area contributed by atoms with Crippen molar-refractivity contribution in [3.8, 4) is 0 Å². The largest absolute Gasteiger partial charge is 0.341 e. The van der Waals surface area contributed by atoms with Crippen molar-refractivity contribution in [2.45, 2.75) is 25.8 Å². The number of amides is 1. The van der Waals surface area contributed by atoms with Crippen LogP contribution in [0, 0.1) is 0 Å². The number of pyridine rings is 1.